The standard InChI is InChI=1S/C22H26FN3O2/c1-3-26(4-2)20(15-8-6-5-7-9-15)14-24-22(28)18-13-21(27)25-19-12-16(23)10-11-17(18)19/h5-12,18,20H,3-4,13-14H2,1-2H3,(H,24,28)(H,25,27). The number of rotatable bonds is 7. The topological polar surface area (TPSA) is 61.4 Å². The molecule has 0 radical (unpaired) electrons. The normalized spacial score (nSPS) is 17.0. The van der Waals surface area contributed by atoms with Gasteiger partial charge in [0, 0.05) is 18.7 Å². The van der Waals surface area contributed by atoms with Gasteiger partial charge in [-0.05, 0) is 36.3 Å². The molecule has 1 aliphatic heterocycles. The summed E-state index contributed by atoms with van der Waals surface area (Å²) < 4.78 is 13.5. The van der Waals surface area contributed by atoms with Crippen molar-refractivity contribution in [1.82, 2.24) is 10.2 Å². The van der Waals surface area contributed by atoms with Gasteiger partial charge in [0.05, 0.1) is 12.0 Å². The fourth-order valence-electron chi connectivity index (χ4n) is 3.79. The molecule has 0 aromatic heterocycles. The van der Waals surface area contributed by atoms with Crippen LogP contribution in [-0.2, 0) is 9.59 Å². The number of anilines is 1. The molecular weight excluding hydrogens is 357 g/mol. The van der Waals surface area contributed by atoms with E-state index in [2.05, 4.69) is 41.5 Å². The van der Waals surface area contributed by atoms with Crippen molar-refractivity contribution in [3.8, 4) is 0 Å². The molecule has 28 heavy (non-hydrogen) atoms. The molecule has 2 N–H and O–H groups in total. The molecule has 1 heterocycles. The molecule has 6 heteroatoms. The molecule has 1 aliphatic rings. The third-order valence-corrected chi connectivity index (χ3v) is 5.28. The van der Waals surface area contributed by atoms with Crippen molar-refractivity contribution in [3.05, 3.63) is 65.5 Å². The van der Waals surface area contributed by atoms with Crippen LogP contribution in [0.2, 0.25) is 0 Å². The molecule has 3 rings (SSSR count). The number of nitrogens with zero attached hydrogens (tertiary/aromatic N) is 1. The van der Waals surface area contributed by atoms with Crippen LogP contribution in [0.15, 0.2) is 48.5 Å². The lowest BCUT2D eigenvalue weighted by Crippen LogP contribution is -2.41. The highest BCUT2D eigenvalue weighted by atomic mass is 19.1. The predicted octanol–water partition coefficient (Wildman–Crippen LogP) is 3.45. The summed E-state index contributed by atoms with van der Waals surface area (Å²) in [5.41, 5.74) is 2.16. The number of likely N-dealkylation sites (N-methyl/N-ethyl adjacent to an activating group) is 1. The van der Waals surface area contributed by atoms with Gasteiger partial charge in [0.25, 0.3) is 0 Å². The first-order valence-electron chi connectivity index (χ1n) is 9.69. The molecule has 0 bridgehead atoms. The van der Waals surface area contributed by atoms with Gasteiger partial charge in [-0.3, -0.25) is 14.5 Å². The second-order valence-electron chi connectivity index (χ2n) is 6.93. The van der Waals surface area contributed by atoms with Gasteiger partial charge in [-0.25, -0.2) is 4.39 Å². The van der Waals surface area contributed by atoms with Gasteiger partial charge in [0.15, 0.2) is 0 Å². The molecule has 148 valence electrons. The Morgan fingerprint density at radius 3 is 2.61 bits per heavy atom. The Kier molecular flexibility index (Phi) is 6.41. The molecule has 5 nitrogen and oxygen atoms in total. The zero-order valence-electron chi connectivity index (χ0n) is 16.2. The first-order valence-corrected chi connectivity index (χ1v) is 9.69. The van der Waals surface area contributed by atoms with Crippen LogP contribution in [0.25, 0.3) is 0 Å². The second kappa shape index (κ2) is 8.97. The fraction of sp³-hybridized carbons (Fsp3) is 0.364. The molecule has 0 saturated heterocycles. The van der Waals surface area contributed by atoms with Crippen LogP contribution in [-0.4, -0.2) is 36.3 Å². The monoisotopic (exact) mass is 383 g/mol. The van der Waals surface area contributed by atoms with E-state index in [0.29, 0.717) is 17.8 Å². The Balaban J connectivity index is 1.77. The third kappa shape index (κ3) is 4.39. The van der Waals surface area contributed by atoms with Crippen LogP contribution in [0, 0.1) is 5.82 Å². The summed E-state index contributed by atoms with van der Waals surface area (Å²) in [4.78, 5) is 27.2. The lowest BCUT2D eigenvalue weighted by atomic mass is 9.89. The van der Waals surface area contributed by atoms with Crippen LogP contribution in [0.5, 0.6) is 0 Å². The van der Waals surface area contributed by atoms with E-state index in [9.17, 15) is 14.0 Å². The van der Waals surface area contributed by atoms with Gasteiger partial charge in [0.2, 0.25) is 11.8 Å². The number of carbonyl (C=O) groups excluding carboxylic acids is 2. The average Bonchev–Trinajstić information content (AvgIpc) is 2.70. The van der Waals surface area contributed by atoms with Crippen LogP contribution in [0.3, 0.4) is 0 Å². The number of amides is 2. The SMILES string of the molecule is CCN(CC)C(CNC(=O)C1CC(=O)Nc2cc(F)ccc21)c1ccccc1. The van der Waals surface area contributed by atoms with Crippen molar-refractivity contribution >= 4 is 17.5 Å². The lowest BCUT2D eigenvalue weighted by molar-refractivity contribution is -0.126. The lowest BCUT2D eigenvalue weighted by Gasteiger charge is -2.31. The Bertz CT molecular complexity index is 837. The number of benzene rings is 2. The maximum absolute atomic E-state index is 13.5. The highest BCUT2D eigenvalue weighted by Crippen LogP contribution is 2.33. The predicted molar refractivity (Wildman–Crippen MR) is 108 cm³/mol. The Hall–Kier alpha value is -2.73. The van der Waals surface area contributed by atoms with Crippen molar-refractivity contribution in [2.75, 3.05) is 25.0 Å². The van der Waals surface area contributed by atoms with E-state index in [4.69, 9.17) is 0 Å². The van der Waals surface area contributed by atoms with Crippen molar-refractivity contribution in [3.63, 3.8) is 0 Å². The van der Waals surface area contributed by atoms with Gasteiger partial charge in [-0.2, -0.15) is 0 Å². The van der Waals surface area contributed by atoms with Crippen LogP contribution >= 0.6 is 0 Å². The smallest absolute Gasteiger partial charge is 0.228 e. The summed E-state index contributed by atoms with van der Waals surface area (Å²) in [6.07, 6.45) is 0.0612. The first-order chi connectivity index (χ1) is 13.5. The minimum absolute atomic E-state index is 0.0465. The Labute approximate surface area is 164 Å². The van der Waals surface area contributed by atoms with Gasteiger partial charge in [-0.15, -0.1) is 0 Å². The summed E-state index contributed by atoms with van der Waals surface area (Å²) in [5.74, 6) is -1.54. The highest BCUT2D eigenvalue weighted by Gasteiger charge is 2.31. The number of halogens is 1. The van der Waals surface area contributed by atoms with E-state index in [1.807, 2.05) is 18.2 Å². The molecular formula is C22H26FN3O2. The molecule has 0 aliphatic carbocycles. The van der Waals surface area contributed by atoms with E-state index >= 15 is 0 Å². The summed E-state index contributed by atoms with van der Waals surface area (Å²) >= 11 is 0. The summed E-state index contributed by atoms with van der Waals surface area (Å²) in [6.45, 7) is 6.36. The quantitative estimate of drug-likeness (QED) is 0.770. The molecule has 0 spiro atoms. The first kappa shape index (κ1) is 20.0. The van der Waals surface area contributed by atoms with Gasteiger partial charge in [-0.1, -0.05) is 50.2 Å². The van der Waals surface area contributed by atoms with Crippen molar-refractivity contribution in [2.24, 2.45) is 0 Å². The third-order valence-electron chi connectivity index (χ3n) is 5.28. The van der Waals surface area contributed by atoms with E-state index in [-0.39, 0.29) is 24.3 Å². The number of fused-ring (bicyclic) bond motifs is 1. The van der Waals surface area contributed by atoms with Gasteiger partial charge < -0.3 is 10.6 Å². The minimum atomic E-state index is -0.613. The molecule has 0 fully saturated rings. The van der Waals surface area contributed by atoms with E-state index in [0.717, 1.165) is 18.7 Å². The summed E-state index contributed by atoms with van der Waals surface area (Å²) in [5, 5.41) is 5.67. The average molecular weight is 383 g/mol. The molecule has 2 aromatic rings. The van der Waals surface area contributed by atoms with Crippen LogP contribution in [0.4, 0.5) is 10.1 Å². The van der Waals surface area contributed by atoms with Crippen molar-refractivity contribution in [2.45, 2.75) is 32.2 Å². The molecule has 2 atom stereocenters. The highest BCUT2D eigenvalue weighted by molar-refractivity contribution is 6.01. The Morgan fingerprint density at radius 1 is 1.21 bits per heavy atom. The van der Waals surface area contributed by atoms with E-state index in [1.165, 1.54) is 12.1 Å². The van der Waals surface area contributed by atoms with Crippen LogP contribution in [0.1, 0.15) is 43.4 Å². The Morgan fingerprint density at radius 2 is 1.93 bits per heavy atom. The van der Waals surface area contributed by atoms with Crippen molar-refractivity contribution < 1.29 is 14.0 Å². The maximum Gasteiger partial charge on any atom is 0.228 e. The summed E-state index contributed by atoms with van der Waals surface area (Å²) in [6, 6.07) is 14.3. The van der Waals surface area contributed by atoms with E-state index in [1.54, 1.807) is 6.07 Å². The zero-order chi connectivity index (χ0) is 20.1. The second-order valence-corrected chi connectivity index (χ2v) is 6.93. The number of carbonyl (C=O) groups is 2. The fourth-order valence-corrected chi connectivity index (χ4v) is 3.79. The van der Waals surface area contributed by atoms with Crippen molar-refractivity contribution in [1.29, 1.82) is 0 Å². The van der Waals surface area contributed by atoms with E-state index < -0.39 is 11.7 Å². The zero-order valence-corrected chi connectivity index (χ0v) is 16.2. The number of nitrogens with one attached hydrogen (secondary N) is 2. The van der Waals surface area contributed by atoms with Gasteiger partial charge in [0.1, 0.15) is 5.82 Å². The summed E-state index contributed by atoms with van der Waals surface area (Å²) in [7, 11) is 0. The molecule has 2 aromatic carbocycles. The largest absolute Gasteiger partial charge is 0.354 e. The molecule has 2 amide bonds. The number of hydrogen-bond donors (Lipinski definition) is 2. The van der Waals surface area contributed by atoms with Crippen LogP contribution < -0.4 is 10.6 Å². The molecule has 2 unspecified atom stereocenters. The maximum atomic E-state index is 13.5. The van der Waals surface area contributed by atoms with Gasteiger partial charge >= 0.3 is 0 Å². The molecule has 0 saturated carbocycles. The number of hydrogen-bond acceptors (Lipinski definition) is 3. The minimum Gasteiger partial charge on any atom is -0.354 e.